The molecule has 2 amide bonds. The summed E-state index contributed by atoms with van der Waals surface area (Å²) in [7, 11) is 0. The largest absolute Gasteiger partial charge is 0.376 e. The summed E-state index contributed by atoms with van der Waals surface area (Å²) in [6.45, 7) is 2.58. The number of hydrogen-bond donors (Lipinski definition) is 2. The predicted octanol–water partition coefficient (Wildman–Crippen LogP) is 2.40. The number of benzene rings is 1. The number of pyridine rings is 1. The minimum Gasteiger partial charge on any atom is -0.376 e. The molecule has 1 saturated heterocycles. The summed E-state index contributed by atoms with van der Waals surface area (Å²) in [6, 6.07) is 12.0. The fourth-order valence-corrected chi connectivity index (χ4v) is 4.23. The van der Waals surface area contributed by atoms with Crippen LogP contribution in [0.4, 0.5) is 11.5 Å². The van der Waals surface area contributed by atoms with E-state index in [0.717, 1.165) is 25.0 Å². The molecule has 1 atom stereocenters. The minimum absolute atomic E-state index is 0.0313. The summed E-state index contributed by atoms with van der Waals surface area (Å²) in [5.74, 6) is 0.372. The van der Waals surface area contributed by atoms with Crippen molar-refractivity contribution in [3.8, 4) is 0 Å². The molecule has 0 radical (unpaired) electrons. The van der Waals surface area contributed by atoms with Gasteiger partial charge in [-0.3, -0.25) is 9.59 Å². The summed E-state index contributed by atoms with van der Waals surface area (Å²) in [5.41, 5.74) is 2.21. The number of aromatic nitrogens is 2. The monoisotopic (exact) mass is 419 g/mol. The number of hydrogen-bond acceptors (Lipinski definition) is 5. The molecule has 8 nitrogen and oxygen atoms in total. The number of anilines is 2. The Balaban J connectivity index is 1.27. The number of rotatable bonds is 6. The molecule has 8 heteroatoms. The number of ether oxygens (including phenoxy) is 1. The van der Waals surface area contributed by atoms with Crippen LogP contribution in [0.15, 0.2) is 48.8 Å². The third kappa shape index (κ3) is 3.98. The zero-order valence-corrected chi connectivity index (χ0v) is 17.2. The third-order valence-corrected chi connectivity index (χ3v) is 5.86. The lowest BCUT2D eigenvalue weighted by molar-refractivity contribution is -0.117. The van der Waals surface area contributed by atoms with Gasteiger partial charge in [0.05, 0.1) is 30.4 Å². The van der Waals surface area contributed by atoms with Crippen LogP contribution < -0.4 is 15.5 Å². The summed E-state index contributed by atoms with van der Waals surface area (Å²) >= 11 is 0. The summed E-state index contributed by atoms with van der Waals surface area (Å²) < 4.78 is 7.82. The van der Waals surface area contributed by atoms with Crippen LogP contribution in [0.1, 0.15) is 23.2 Å². The molecule has 4 heterocycles. The highest BCUT2D eigenvalue weighted by Gasteiger charge is 2.29. The van der Waals surface area contributed by atoms with Crippen molar-refractivity contribution in [2.24, 2.45) is 0 Å². The number of nitrogens with one attached hydrogen (secondary N) is 2. The van der Waals surface area contributed by atoms with Gasteiger partial charge in [0.15, 0.2) is 0 Å². The molecule has 1 unspecified atom stereocenters. The van der Waals surface area contributed by atoms with E-state index in [4.69, 9.17) is 4.74 Å². The van der Waals surface area contributed by atoms with Gasteiger partial charge < -0.3 is 24.8 Å². The number of fused-ring (bicyclic) bond motifs is 2. The molecule has 1 fully saturated rings. The quantitative estimate of drug-likeness (QED) is 0.641. The van der Waals surface area contributed by atoms with Crippen LogP contribution in [0.5, 0.6) is 0 Å². The van der Waals surface area contributed by atoms with Crippen LogP contribution in [-0.2, 0) is 16.1 Å². The standard InChI is InChI=1S/C23H25N5O3/c29-21-14-26-22-20(28(21)15-18-5-3-11-31-18)12-17(13-25-22)23(30)24-8-10-27-9-7-16-4-1-2-6-19(16)27/h1-2,4,6-7,9,12-13,18H,3,5,8,10-11,14-15H2,(H,24,30)(H,25,26). The molecule has 160 valence electrons. The fourth-order valence-electron chi connectivity index (χ4n) is 4.23. The highest BCUT2D eigenvalue weighted by atomic mass is 16.5. The fraction of sp³-hybridized carbons (Fsp3) is 0.348. The zero-order valence-electron chi connectivity index (χ0n) is 17.2. The Morgan fingerprint density at radius 1 is 1.29 bits per heavy atom. The molecule has 0 spiro atoms. The van der Waals surface area contributed by atoms with Crippen LogP contribution in [0.2, 0.25) is 0 Å². The molecule has 3 aromatic rings. The zero-order chi connectivity index (χ0) is 21.2. The van der Waals surface area contributed by atoms with Crippen LogP contribution in [-0.4, -0.2) is 53.7 Å². The summed E-state index contributed by atoms with van der Waals surface area (Å²) in [6.07, 6.45) is 5.55. The first kappa shape index (κ1) is 19.6. The van der Waals surface area contributed by atoms with Crippen LogP contribution in [0.3, 0.4) is 0 Å². The van der Waals surface area contributed by atoms with E-state index >= 15 is 0 Å². The van der Waals surface area contributed by atoms with Crippen molar-refractivity contribution in [3.05, 3.63) is 54.4 Å². The van der Waals surface area contributed by atoms with Crippen LogP contribution >= 0.6 is 0 Å². The normalized spacial score (nSPS) is 18.1. The topological polar surface area (TPSA) is 88.5 Å². The Morgan fingerprint density at radius 3 is 3.06 bits per heavy atom. The molecule has 0 saturated carbocycles. The molecular formula is C23H25N5O3. The second-order valence-electron chi connectivity index (χ2n) is 7.91. The second-order valence-corrected chi connectivity index (χ2v) is 7.91. The number of carbonyl (C=O) groups is 2. The first-order chi connectivity index (χ1) is 15.2. The Morgan fingerprint density at radius 2 is 2.19 bits per heavy atom. The van der Waals surface area contributed by atoms with E-state index in [-0.39, 0.29) is 24.5 Å². The van der Waals surface area contributed by atoms with Crippen molar-refractivity contribution in [2.75, 3.05) is 36.5 Å². The molecule has 5 rings (SSSR count). The SMILES string of the molecule is O=C(NCCn1ccc2ccccc21)c1cnc2c(c1)N(CC1CCCO1)C(=O)CN2. The lowest BCUT2D eigenvalue weighted by atomic mass is 10.1. The Hall–Kier alpha value is -3.39. The van der Waals surface area contributed by atoms with Gasteiger partial charge in [-0.25, -0.2) is 4.98 Å². The molecule has 0 aliphatic carbocycles. The second kappa shape index (κ2) is 8.39. The van der Waals surface area contributed by atoms with Crippen molar-refractivity contribution in [1.29, 1.82) is 0 Å². The molecular weight excluding hydrogens is 394 g/mol. The van der Waals surface area contributed by atoms with E-state index in [1.807, 2.05) is 18.3 Å². The maximum atomic E-state index is 12.7. The first-order valence-electron chi connectivity index (χ1n) is 10.7. The number of carbonyl (C=O) groups excluding carboxylic acids is 2. The van der Waals surface area contributed by atoms with Gasteiger partial charge in [0.25, 0.3) is 5.91 Å². The van der Waals surface area contributed by atoms with Gasteiger partial charge in [0.2, 0.25) is 5.91 Å². The smallest absolute Gasteiger partial charge is 0.252 e. The lowest BCUT2D eigenvalue weighted by Gasteiger charge is -2.31. The Kier molecular flexibility index (Phi) is 5.30. The third-order valence-electron chi connectivity index (χ3n) is 5.86. The van der Waals surface area contributed by atoms with Crippen molar-refractivity contribution >= 4 is 34.2 Å². The molecule has 2 aliphatic heterocycles. The van der Waals surface area contributed by atoms with E-state index in [1.54, 1.807) is 17.2 Å². The highest BCUT2D eigenvalue weighted by Crippen LogP contribution is 2.30. The summed E-state index contributed by atoms with van der Waals surface area (Å²) in [5, 5.41) is 7.17. The van der Waals surface area contributed by atoms with Gasteiger partial charge in [0, 0.05) is 37.6 Å². The van der Waals surface area contributed by atoms with Gasteiger partial charge >= 0.3 is 0 Å². The van der Waals surface area contributed by atoms with E-state index in [2.05, 4.69) is 38.4 Å². The average Bonchev–Trinajstić information content (AvgIpc) is 3.45. The molecule has 2 N–H and O–H groups in total. The average molecular weight is 419 g/mol. The maximum absolute atomic E-state index is 12.7. The molecule has 2 aromatic heterocycles. The van der Waals surface area contributed by atoms with Gasteiger partial charge in [-0.05, 0) is 36.4 Å². The van der Waals surface area contributed by atoms with E-state index < -0.39 is 0 Å². The van der Waals surface area contributed by atoms with Crippen molar-refractivity contribution in [3.63, 3.8) is 0 Å². The highest BCUT2D eigenvalue weighted by molar-refractivity contribution is 6.04. The van der Waals surface area contributed by atoms with Gasteiger partial charge in [0.1, 0.15) is 5.82 Å². The number of para-hydroxylation sites is 1. The Bertz CT molecular complexity index is 1120. The first-order valence-corrected chi connectivity index (χ1v) is 10.7. The summed E-state index contributed by atoms with van der Waals surface area (Å²) in [4.78, 5) is 31.3. The van der Waals surface area contributed by atoms with Crippen LogP contribution in [0, 0.1) is 0 Å². The van der Waals surface area contributed by atoms with E-state index in [1.165, 1.54) is 5.39 Å². The van der Waals surface area contributed by atoms with E-state index in [9.17, 15) is 9.59 Å². The minimum atomic E-state index is -0.207. The lowest BCUT2D eigenvalue weighted by Crippen LogP contribution is -2.44. The molecule has 31 heavy (non-hydrogen) atoms. The molecule has 1 aromatic carbocycles. The van der Waals surface area contributed by atoms with Crippen molar-refractivity contribution in [2.45, 2.75) is 25.5 Å². The van der Waals surface area contributed by atoms with Gasteiger partial charge in [-0.1, -0.05) is 18.2 Å². The van der Waals surface area contributed by atoms with Crippen molar-refractivity contribution in [1.82, 2.24) is 14.9 Å². The van der Waals surface area contributed by atoms with Gasteiger partial charge in [-0.2, -0.15) is 0 Å². The Labute approximate surface area is 180 Å². The number of nitrogens with zero attached hydrogens (tertiary/aromatic N) is 3. The molecule has 0 bridgehead atoms. The number of amides is 2. The van der Waals surface area contributed by atoms with E-state index in [0.29, 0.717) is 36.7 Å². The van der Waals surface area contributed by atoms with Crippen molar-refractivity contribution < 1.29 is 14.3 Å². The molecule has 2 aliphatic rings. The van der Waals surface area contributed by atoms with Gasteiger partial charge in [-0.15, -0.1) is 0 Å². The maximum Gasteiger partial charge on any atom is 0.252 e. The predicted molar refractivity (Wildman–Crippen MR) is 118 cm³/mol. The van der Waals surface area contributed by atoms with Crippen LogP contribution in [0.25, 0.3) is 10.9 Å².